The number of fused-ring (bicyclic) bond motifs is 1. The van der Waals surface area contributed by atoms with Crippen molar-refractivity contribution < 1.29 is 13.2 Å². The zero-order chi connectivity index (χ0) is 16.6. The van der Waals surface area contributed by atoms with E-state index in [9.17, 15) is 13.2 Å². The van der Waals surface area contributed by atoms with Gasteiger partial charge in [-0.2, -0.15) is 4.31 Å². The predicted molar refractivity (Wildman–Crippen MR) is 87.6 cm³/mol. The minimum atomic E-state index is -3.64. The third-order valence-electron chi connectivity index (χ3n) is 4.92. The summed E-state index contributed by atoms with van der Waals surface area (Å²) in [4.78, 5) is 12.2. The summed E-state index contributed by atoms with van der Waals surface area (Å²) >= 11 is 0. The van der Waals surface area contributed by atoms with Crippen LogP contribution in [-0.2, 0) is 16.4 Å². The van der Waals surface area contributed by atoms with Crippen LogP contribution in [0.5, 0.6) is 0 Å². The van der Waals surface area contributed by atoms with Crippen molar-refractivity contribution in [3.05, 3.63) is 29.3 Å². The second-order valence-electron chi connectivity index (χ2n) is 6.36. The fourth-order valence-electron chi connectivity index (χ4n) is 3.55. The summed E-state index contributed by atoms with van der Waals surface area (Å²) in [5.74, 6) is 0.0372. The van der Waals surface area contributed by atoms with Crippen LogP contribution in [0.2, 0.25) is 0 Å². The highest BCUT2D eigenvalue weighted by molar-refractivity contribution is 7.89. The molecule has 1 fully saturated rings. The average molecular weight is 337 g/mol. The molecule has 23 heavy (non-hydrogen) atoms. The molecule has 1 aromatic rings. The van der Waals surface area contributed by atoms with Gasteiger partial charge in [-0.05, 0) is 42.9 Å². The maximum Gasteiger partial charge on any atom is 0.251 e. The molecule has 1 amide bonds. The molecule has 0 spiro atoms. The molecule has 3 N–H and O–H groups in total. The summed E-state index contributed by atoms with van der Waals surface area (Å²) in [6.45, 7) is 3.43. The Morgan fingerprint density at radius 3 is 2.91 bits per heavy atom. The van der Waals surface area contributed by atoms with Crippen LogP contribution in [0.3, 0.4) is 0 Å². The first-order valence-electron chi connectivity index (χ1n) is 8.08. The Hall–Kier alpha value is -1.44. The number of hydrogen-bond acceptors (Lipinski definition) is 4. The summed E-state index contributed by atoms with van der Waals surface area (Å²) in [6, 6.07) is 4.69. The molecule has 0 aromatic heterocycles. The lowest BCUT2D eigenvalue weighted by atomic mass is 9.93. The first kappa shape index (κ1) is 16.4. The molecular weight excluding hydrogens is 314 g/mol. The van der Waals surface area contributed by atoms with Crippen molar-refractivity contribution in [3.63, 3.8) is 0 Å². The highest BCUT2D eigenvalue weighted by Crippen LogP contribution is 2.29. The SMILES string of the molecule is C[C@@H]1CCCN(S(=O)(=O)c2ccc3c(c2)C(=O)NCC3)[C@H]1CN. The normalized spacial score (nSPS) is 25.7. The van der Waals surface area contributed by atoms with Crippen LogP contribution < -0.4 is 11.1 Å². The van der Waals surface area contributed by atoms with E-state index in [0.29, 0.717) is 25.2 Å². The van der Waals surface area contributed by atoms with Gasteiger partial charge in [0, 0.05) is 31.2 Å². The number of carbonyl (C=O) groups is 1. The van der Waals surface area contributed by atoms with Crippen LogP contribution in [0.4, 0.5) is 0 Å². The Kier molecular flexibility index (Phi) is 4.44. The fraction of sp³-hybridized carbons (Fsp3) is 0.562. The molecule has 0 aliphatic carbocycles. The van der Waals surface area contributed by atoms with E-state index in [0.717, 1.165) is 24.8 Å². The largest absolute Gasteiger partial charge is 0.352 e. The van der Waals surface area contributed by atoms with Crippen LogP contribution in [0.1, 0.15) is 35.7 Å². The monoisotopic (exact) mass is 337 g/mol. The van der Waals surface area contributed by atoms with Gasteiger partial charge in [-0.1, -0.05) is 13.0 Å². The summed E-state index contributed by atoms with van der Waals surface area (Å²) in [5.41, 5.74) is 7.18. The van der Waals surface area contributed by atoms with E-state index >= 15 is 0 Å². The molecule has 0 bridgehead atoms. The second kappa shape index (κ2) is 6.22. The number of amides is 1. The Balaban J connectivity index is 1.99. The molecule has 0 saturated carbocycles. The van der Waals surface area contributed by atoms with Crippen LogP contribution in [0, 0.1) is 5.92 Å². The average Bonchev–Trinajstić information content (AvgIpc) is 2.54. The van der Waals surface area contributed by atoms with Crippen molar-refractivity contribution in [1.82, 2.24) is 9.62 Å². The molecule has 1 saturated heterocycles. The fourth-order valence-corrected chi connectivity index (χ4v) is 5.34. The first-order valence-corrected chi connectivity index (χ1v) is 9.52. The Bertz CT molecular complexity index is 717. The first-order chi connectivity index (χ1) is 10.9. The highest BCUT2D eigenvalue weighted by atomic mass is 32.2. The molecule has 2 aliphatic rings. The topological polar surface area (TPSA) is 92.5 Å². The van der Waals surface area contributed by atoms with Gasteiger partial charge in [0.25, 0.3) is 5.91 Å². The number of benzene rings is 1. The number of carbonyl (C=O) groups excluding carboxylic acids is 1. The minimum absolute atomic E-state index is 0.181. The Morgan fingerprint density at radius 1 is 1.39 bits per heavy atom. The van der Waals surface area contributed by atoms with Crippen molar-refractivity contribution in [2.45, 2.75) is 37.1 Å². The standard InChI is InChI=1S/C16H23N3O3S/c1-11-3-2-8-19(15(11)10-17)23(21,22)13-5-4-12-6-7-18-16(20)14(12)9-13/h4-5,9,11,15H,2-3,6-8,10,17H2,1H3,(H,18,20)/t11-,15+/m1/s1. The van der Waals surface area contributed by atoms with Gasteiger partial charge >= 0.3 is 0 Å². The van der Waals surface area contributed by atoms with E-state index in [1.54, 1.807) is 12.1 Å². The lowest BCUT2D eigenvalue weighted by Gasteiger charge is -2.38. The van der Waals surface area contributed by atoms with Crippen molar-refractivity contribution >= 4 is 15.9 Å². The molecule has 1 aromatic carbocycles. The molecule has 0 unspecified atom stereocenters. The van der Waals surface area contributed by atoms with E-state index < -0.39 is 10.0 Å². The number of hydrogen-bond donors (Lipinski definition) is 2. The lowest BCUT2D eigenvalue weighted by molar-refractivity contribution is 0.0945. The molecule has 3 rings (SSSR count). The van der Waals surface area contributed by atoms with Crippen LogP contribution in [0.25, 0.3) is 0 Å². The zero-order valence-corrected chi connectivity index (χ0v) is 14.1. The van der Waals surface area contributed by atoms with Crippen LogP contribution in [0.15, 0.2) is 23.1 Å². The quantitative estimate of drug-likeness (QED) is 0.850. The number of piperidine rings is 1. The number of rotatable bonds is 3. The van der Waals surface area contributed by atoms with Gasteiger partial charge in [-0.25, -0.2) is 8.42 Å². The third-order valence-corrected chi connectivity index (χ3v) is 6.84. The van der Waals surface area contributed by atoms with Gasteiger partial charge in [0.05, 0.1) is 4.90 Å². The highest BCUT2D eigenvalue weighted by Gasteiger charge is 2.36. The summed E-state index contributed by atoms with van der Waals surface area (Å²) in [6.07, 6.45) is 2.55. The van der Waals surface area contributed by atoms with Crippen LogP contribution >= 0.6 is 0 Å². The Labute approximate surface area is 137 Å². The van der Waals surface area contributed by atoms with Gasteiger partial charge in [0.2, 0.25) is 10.0 Å². The van der Waals surface area contributed by atoms with E-state index in [1.165, 1.54) is 10.4 Å². The van der Waals surface area contributed by atoms with E-state index in [1.807, 2.05) is 6.92 Å². The molecule has 6 nitrogen and oxygen atoms in total. The summed E-state index contributed by atoms with van der Waals surface area (Å²) in [7, 11) is -3.64. The number of nitrogens with two attached hydrogens (primary N) is 1. The van der Waals surface area contributed by atoms with Crippen molar-refractivity contribution in [2.24, 2.45) is 11.7 Å². The molecule has 0 radical (unpaired) electrons. The molecule has 7 heteroatoms. The van der Waals surface area contributed by atoms with Gasteiger partial charge < -0.3 is 11.1 Å². The lowest BCUT2D eigenvalue weighted by Crippen LogP contribution is -2.51. The van der Waals surface area contributed by atoms with Gasteiger partial charge in [0.15, 0.2) is 0 Å². The van der Waals surface area contributed by atoms with Crippen molar-refractivity contribution in [1.29, 1.82) is 0 Å². The van der Waals surface area contributed by atoms with E-state index in [4.69, 9.17) is 5.73 Å². The maximum absolute atomic E-state index is 13.0. The second-order valence-corrected chi connectivity index (χ2v) is 8.25. The molecular formula is C16H23N3O3S. The number of nitrogens with zero attached hydrogens (tertiary/aromatic N) is 1. The van der Waals surface area contributed by atoms with Gasteiger partial charge in [-0.15, -0.1) is 0 Å². The van der Waals surface area contributed by atoms with Gasteiger partial charge in [-0.3, -0.25) is 4.79 Å². The Morgan fingerprint density at radius 2 is 2.17 bits per heavy atom. The molecule has 2 heterocycles. The van der Waals surface area contributed by atoms with Gasteiger partial charge in [0.1, 0.15) is 0 Å². The predicted octanol–water partition coefficient (Wildman–Crippen LogP) is 0.720. The molecule has 2 aliphatic heterocycles. The number of sulfonamides is 1. The smallest absolute Gasteiger partial charge is 0.251 e. The summed E-state index contributed by atoms with van der Waals surface area (Å²) < 4.78 is 27.6. The van der Waals surface area contributed by atoms with Crippen molar-refractivity contribution in [2.75, 3.05) is 19.6 Å². The molecule has 2 atom stereocenters. The third kappa shape index (κ3) is 2.88. The van der Waals surface area contributed by atoms with E-state index in [-0.39, 0.29) is 22.8 Å². The van der Waals surface area contributed by atoms with Crippen molar-refractivity contribution in [3.8, 4) is 0 Å². The zero-order valence-electron chi connectivity index (χ0n) is 13.3. The van der Waals surface area contributed by atoms with E-state index in [2.05, 4.69) is 5.32 Å². The maximum atomic E-state index is 13.0. The van der Waals surface area contributed by atoms with Crippen LogP contribution in [-0.4, -0.2) is 44.3 Å². The minimum Gasteiger partial charge on any atom is -0.352 e. The number of nitrogens with one attached hydrogen (secondary N) is 1. The molecule has 126 valence electrons. The summed E-state index contributed by atoms with van der Waals surface area (Å²) in [5, 5.41) is 2.76.